The second-order valence-corrected chi connectivity index (χ2v) is 5.53. The summed E-state index contributed by atoms with van der Waals surface area (Å²) in [5.74, 6) is 0. The van der Waals surface area contributed by atoms with Crippen molar-refractivity contribution in [2.45, 2.75) is 23.7 Å². The Morgan fingerprint density at radius 1 is 0.812 bits per heavy atom. The zero-order chi connectivity index (χ0) is 11.6. The van der Waals surface area contributed by atoms with Gasteiger partial charge in [-0.2, -0.15) is 0 Å². The molecule has 86 valence electrons. The third-order valence-electron chi connectivity index (χ3n) is 1.33. The van der Waals surface area contributed by atoms with E-state index in [9.17, 15) is 25.9 Å². The molecule has 0 amide bonds. The largest absolute Gasteiger partial charge is 1.00 e. The molecule has 0 aromatic heterocycles. The summed E-state index contributed by atoms with van der Waals surface area (Å²) >= 11 is 0. The Morgan fingerprint density at radius 3 is 1.12 bits per heavy atom. The van der Waals surface area contributed by atoms with Gasteiger partial charge in [-0.1, -0.05) is 0 Å². The molecule has 0 saturated carbocycles. The summed E-state index contributed by atoms with van der Waals surface area (Å²) in [7, 11) is -9.89. The molecular weight excluding hydrogens is 286 g/mol. The van der Waals surface area contributed by atoms with Crippen molar-refractivity contribution in [2.24, 2.45) is 0 Å². The van der Waals surface area contributed by atoms with Crippen molar-refractivity contribution < 1.29 is 95.3 Å². The van der Waals surface area contributed by atoms with Gasteiger partial charge in [-0.05, 0) is 12.8 Å². The molecular formula is C4H8Na2O8S2. The summed E-state index contributed by atoms with van der Waals surface area (Å²) in [5, 5.41) is 17.2. The Balaban J connectivity index is -0.000000845. The van der Waals surface area contributed by atoms with Crippen LogP contribution in [0.25, 0.3) is 0 Å². The van der Waals surface area contributed by atoms with Crippen LogP contribution < -0.4 is 59.1 Å². The van der Waals surface area contributed by atoms with Crippen molar-refractivity contribution in [2.75, 3.05) is 0 Å². The van der Waals surface area contributed by atoms with Crippen LogP contribution in [0.4, 0.5) is 0 Å². The normalized spacial score (nSPS) is 15.5. The van der Waals surface area contributed by atoms with Gasteiger partial charge in [-0.25, -0.2) is 16.8 Å². The summed E-state index contributed by atoms with van der Waals surface area (Å²) in [4.78, 5) is 0. The molecule has 8 nitrogen and oxygen atoms in total. The van der Waals surface area contributed by atoms with Crippen LogP contribution in [0, 0.1) is 0 Å². The summed E-state index contributed by atoms with van der Waals surface area (Å²) < 4.78 is 60.5. The van der Waals surface area contributed by atoms with Crippen LogP contribution in [-0.2, 0) is 20.2 Å². The van der Waals surface area contributed by atoms with Crippen LogP contribution in [-0.4, -0.2) is 47.0 Å². The maximum Gasteiger partial charge on any atom is 1.00 e. The minimum Gasteiger partial charge on any atom is -0.746 e. The smallest absolute Gasteiger partial charge is 0.746 e. The molecule has 0 aliphatic carbocycles. The first-order chi connectivity index (χ1) is 6.05. The molecule has 0 bridgehead atoms. The van der Waals surface area contributed by atoms with Gasteiger partial charge in [0.15, 0.2) is 0 Å². The fourth-order valence-electron chi connectivity index (χ4n) is 0.574. The molecule has 2 N–H and O–H groups in total. The van der Waals surface area contributed by atoms with Gasteiger partial charge >= 0.3 is 59.1 Å². The van der Waals surface area contributed by atoms with Crippen LogP contribution in [0.5, 0.6) is 0 Å². The Bertz CT molecular complexity index is 337. The van der Waals surface area contributed by atoms with Crippen molar-refractivity contribution in [3.8, 4) is 0 Å². The van der Waals surface area contributed by atoms with Crippen LogP contribution in [0.15, 0.2) is 0 Å². The second-order valence-electron chi connectivity index (χ2n) is 2.47. The molecule has 0 aliphatic heterocycles. The fraction of sp³-hybridized carbons (Fsp3) is 1.00. The van der Waals surface area contributed by atoms with E-state index in [1.165, 1.54) is 0 Å². The van der Waals surface area contributed by atoms with Crippen LogP contribution in [0.1, 0.15) is 12.8 Å². The van der Waals surface area contributed by atoms with Gasteiger partial charge < -0.3 is 19.3 Å². The predicted octanol–water partition coefficient (Wildman–Crippen LogP) is -8.50. The number of aliphatic hydroxyl groups excluding tert-OH is 2. The maximum atomic E-state index is 10.1. The Morgan fingerprint density at radius 2 is 1.00 bits per heavy atom. The van der Waals surface area contributed by atoms with Gasteiger partial charge in [-0.3, -0.25) is 0 Å². The average molecular weight is 294 g/mol. The minimum absolute atomic E-state index is 0. The van der Waals surface area contributed by atoms with E-state index >= 15 is 0 Å². The monoisotopic (exact) mass is 294 g/mol. The van der Waals surface area contributed by atoms with Gasteiger partial charge in [0.1, 0.15) is 31.1 Å². The molecule has 0 aliphatic rings. The number of hydrogen-bond donors (Lipinski definition) is 2. The van der Waals surface area contributed by atoms with E-state index in [-0.39, 0.29) is 59.1 Å². The van der Waals surface area contributed by atoms with Gasteiger partial charge in [0, 0.05) is 0 Å². The van der Waals surface area contributed by atoms with E-state index in [1.807, 2.05) is 0 Å². The van der Waals surface area contributed by atoms with E-state index < -0.39 is 43.9 Å². The van der Waals surface area contributed by atoms with E-state index in [1.54, 1.807) is 0 Å². The zero-order valence-electron chi connectivity index (χ0n) is 8.73. The number of rotatable bonds is 5. The molecule has 12 heteroatoms. The summed E-state index contributed by atoms with van der Waals surface area (Å²) in [6.45, 7) is 0. The van der Waals surface area contributed by atoms with Gasteiger partial charge in [0.2, 0.25) is 0 Å². The summed E-state index contributed by atoms with van der Waals surface area (Å²) in [6, 6.07) is 0. The molecule has 0 aromatic rings. The van der Waals surface area contributed by atoms with E-state index in [0.717, 1.165) is 0 Å². The number of hydrogen-bond acceptors (Lipinski definition) is 8. The van der Waals surface area contributed by atoms with Crippen molar-refractivity contribution in [1.29, 1.82) is 0 Å². The standard InChI is InChI=1S/C4H10O8S2.2Na/c5-3(13(7,8)9)1-2-4(6)14(10,11)12;;/h3-6H,1-2H2,(H,7,8,9)(H,10,11,12);;/q;2*+1/p-2. The third kappa shape index (κ3) is 9.74. The first-order valence-electron chi connectivity index (χ1n) is 3.30. The van der Waals surface area contributed by atoms with E-state index in [0.29, 0.717) is 0 Å². The maximum absolute atomic E-state index is 10.1. The molecule has 0 saturated heterocycles. The quantitative estimate of drug-likeness (QED) is 0.374. The first kappa shape index (κ1) is 22.9. The molecule has 0 aromatic carbocycles. The molecule has 2 atom stereocenters. The topological polar surface area (TPSA) is 155 Å². The van der Waals surface area contributed by atoms with Crippen LogP contribution >= 0.6 is 0 Å². The van der Waals surface area contributed by atoms with Gasteiger partial charge in [-0.15, -0.1) is 0 Å². The summed E-state index contributed by atoms with van der Waals surface area (Å²) in [5.41, 5.74) is -4.64. The Labute approximate surface area is 138 Å². The summed E-state index contributed by atoms with van der Waals surface area (Å²) in [6.07, 6.45) is -1.62. The van der Waals surface area contributed by atoms with Crippen LogP contribution in [0.3, 0.4) is 0 Å². The van der Waals surface area contributed by atoms with Crippen molar-refractivity contribution in [3.05, 3.63) is 0 Å². The predicted molar refractivity (Wildman–Crippen MR) is 40.6 cm³/mol. The molecule has 16 heavy (non-hydrogen) atoms. The van der Waals surface area contributed by atoms with Crippen LogP contribution in [0.2, 0.25) is 0 Å². The molecule has 0 rings (SSSR count). The second kappa shape index (κ2) is 8.77. The Kier molecular flexibility index (Phi) is 12.5. The number of aliphatic hydroxyl groups is 2. The van der Waals surface area contributed by atoms with E-state index in [4.69, 9.17) is 10.2 Å². The molecule has 2 unspecified atom stereocenters. The first-order valence-corrected chi connectivity index (χ1v) is 6.25. The third-order valence-corrected chi connectivity index (χ3v) is 3.13. The van der Waals surface area contributed by atoms with Crippen molar-refractivity contribution in [1.82, 2.24) is 0 Å². The fourth-order valence-corrected chi connectivity index (χ4v) is 1.42. The molecule has 0 fully saturated rings. The van der Waals surface area contributed by atoms with Gasteiger partial charge in [0.25, 0.3) is 0 Å². The minimum atomic E-state index is -4.95. The van der Waals surface area contributed by atoms with Crippen molar-refractivity contribution >= 4 is 20.2 Å². The molecule has 0 heterocycles. The molecule has 0 spiro atoms. The zero-order valence-corrected chi connectivity index (χ0v) is 14.4. The molecule has 0 radical (unpaired) electrons. The van der Waals surface area contributed by atoms with E-state index in [2.05, 4.69) is 0 Å². The Hall–Kier alpha value is 1.74. The SMILES string of the molecule is O=S(=O)([O-])C(O)CCC(O)S(=O)(=O)[O-].[Na+].[Na+]. The average Bonchev–Trinajstić information content (AvgIpc) is 1.95. The van der Waals surface area contributed by atoms with Gasteiger partial charge in [0.05, 0.1) is 0 Å². The van der Waals surface area contributed by atoms with Crippen molar-refractivity contribution in [3.63, 3.8) is 0 Å².